The van der Waals surface area contributed by atoms with Crippen LogP contribution in [0.2, 0.25) is 0 Å². The number of aromatic hydroxyl groups is 1. The van der Waals surface area contributed by atoms with E-state index in [-0.39, 0.29) is 5.75 Å². The Morgan fingerprint density at radius 3 is 1.67 bits per heavy atom. The molecule has 33 heavy (non-hydrogen) atoms. The van der Waals surface area contributed by atoms with E-state index in [9.17, 15) is 5.11 Å². The lowest BCUT2D eigenvalue weighted by molar-refractivity contribution is 0.474. The van der Waals surface area contributed by atoms with E-state index in [2.05, 4.69) is 9.97 Å². The van der Waals surface area contributed by atoms with Crippen LogP contribution in [0.3, 0.4) is 0 Å². The number of oxazole rings is 2. The number of rotatable bonds is 3. The molecule has 6 aromatic rings. The molecule has 0 saturated heterocycles. The summed E-state index contributed by atoms with van der Waals surface area (Å²) in [5.74, 6) is 2.05. The summed E-state index contributed by atoms with van der Waals surface area (Å²) in [6.07, 6.45) is 0. The third-order valence-electron chi connectivity index (χ3n) is 5.06. The van der Waals surface area contributed by atoms with Gasteiger partial charge in [-0.1, -0.05) is 48.5 Å². The van der Waals surface area contributed by atoms with Gasteiger partial charge in [-0.3, -0.25) is 0 Å². The Labute approximate surface area is 197 Å². The lowest BCUT2D eigenvalue weighted by atomic mass is 10.2. The standard InChI is InChI=1S/2C13H9NO2.Al.2H/c2*15-11-7-3-1-5-9(11)13-14-10-6-2-4-8-12(10)16-13;;;/h2*1-8,15H;;;/p-1. The van der Waals surface area contributed by atoms with Gasteiger partial charge < -0.3 is 17.7 Å². The number of phenols is 1. The third-order valence-corrected chi connectivity index (χ3v) is 5.50. The van der Waals surface area contributed by atoms with Gasteiger partial charge >= 0.3 is 0 Å². The molecule has 2 aromatic heterocycles. The first kappa shape index (κ1) is 20.8. The molecule has 0 saturated carbocycles. The molecular formula is C26H19AlN2O4-. The number of aromatic nitrogens is 2. The van der Waals surface area contributed by atoms with E-state index in [1.165, 1.54) is 0 Å². The molecule has 0 spiro atoms. The average molecular weight is 450 g/mol. The van der Waals surface area contributed by atoms with Crippen molar-refractivity contribution in [2.75, 3.05) is 0 Å². The van der Waals surface area contributed by atoms with Crippen LogP contribution in [0.5, 0.6) is 11.5 Å². The Morgan fingerprint density at radius 1 is 0.606 bits per heavy atom. The number of para-hydroxylation sites is 6. The van der Waals surface area contributed by atoms with Crippen molar-refractivity contribution in [1.29, 1.82) is 0 Å². The number of phenolic OH excluding ortho intramolecular Hbond substituents is 1. The van der Waals surface area contributed by atoms with Gasteiger partial charge in [-0.2, -0.15) is 0 Å². The Kier molecular flexibility index (Phi) is 5.81. The van der Waals surface area contributed by atoms with Gasteiger partial charge in [0.2, 0.25) is 11.8 Å². The first-order chi connectivity index (χ1) is 16.2. The summed E-state index contributed by atoms with van der Waals surface area (Å²) in [5.41, 5.74) is 4.69. The van der Waals surface area contributed by atoms with Crippen molar-refractivity contribution in [3.63, 3.8) is 0 Å². The summed E-state index contributed by atoms with van der Waals surface area (Å²) >= 11 is 0.648. The van der Waals surface area contributed by atoms with E-state index in [1.54, 1.807) is 18.2 Å². The second-order valence-electron chi connectivity index (χ2n) is 7.19. The third kappa shape index (κ3) is 4.33. The second-order valence-corrected chi connectivity index (χ2v) is 7.60. The molecule has 0 unspecified atom stereocenters. The lowest BCUT2D eigenvalue weighted by Gasteiger charge is -2.12. The fourth-order valence-corrected chi connectivity index (χ4v) is 3.81. The molecule has 0 aliphatic heterocycles. The normalized spacial score (nSPS) is 10.7. The van der Waals surface area contributed by atoms with Crippen molar-refractivity contribution in [2.24, 2.45) is 0 Å². The fourth-order valence-electron chi connectivity index (χ4n) is 3.45. The zero-order valence-electron chi connectivity index (χ0n) is 17.8. The van der Waals surface area contributed by atoms with Crippen LogP contribution in [0.1, 0.15) is 0 Å². The molecule has 7 heteroatoms. The molecule has 1 N–H and O–H groups in total. The van der Waals surface area contributed by atoms with E-state index in [0.29, 0.717) is 34.0 Å². The second kappa shape index (κ2) is 9.21. The number of hydrogen-bond donors (Lipinski definition) is 1. The van der Waals surface area contributed by atoms with Crippen LogP contribution < -0.4 is 3.79 Å². The molecule has 6 rings (SSSR count). The highest BCUT2D eigenvalue weighted by atomic mass is 27.1. The SMILES string of the molecule is Oc1ccccc1-c1nc2ccccc2o1.[AlH2-][O]c1ccccc1-c1nc2ccccc2o1. The van der Waals surface area contributed by atoms with Gasteiger partial charge in [0.1, 0.15) is 16.8 Å². The lowest BCUT2D eigenvalue weighted by Crippen LogP contribution is -1.88. The van der Waals surface area contributed by atoms with E-state index < -0.39 is 0 Å². The molecule has 0 fully saturated rings. The van der Waals surface area contributed by atoms with Gasteiger partial charge in [-0.05, 0) is 48.5 Å². The van der Waals surface area contributed by atoms with Gasteiger partial charge in [0.05, 0.1) is 16.9 Å². The molecule has 6 nitrogen and oxygen atoms in total. The van der Waals surface area contributed by atoms with Crippen molar-refractivity contribution < 1.29 is 17.7 Å². The maximum Gasteiger partial charge on any atom is 0.231 e. The molecule has 0 aliphatic carbocycles. The maximum atomic E-state index is 9.69. The van der Waals surface area contributed by atoms with Crippen LogP contribution >= 0.6 is 0 Å². The number of benzene rings is 4. The quantitative estimate of drug-likeness (QED) is 0.352. The number of nitrogens with zero attached hydrogens (tertiary/aromatic N) is 2. The van der Waals surface area contributed by atoms with Crippen LogP contribution in [0.4, 0.5) is 0 Å². The minimum absolute atomic E-state index is 0.175. The van der Waals surface area contributed by atoms with E-state index in [1.807, 2.05) is 78.9 Å². The fraction of sp³-hybridized carbons (Fsp3) is 0. The molecule has 2 heterocycles. The molecule has 0 bridgehead atoms. The van der Waals surface area contributed by atoms with Gasteiger partial charge in [-0.25, -0.2) is 9.97 Å². The summed E-state index contributed by atoms with van der Waals surface area (Å²) < 4.78 is 16.7. The van der Waals surface area contributed by atoms with Crippen molar-refractivity contribution >= 4 is 38.8 Å². The van der Waals surface area contributed by atoms with Gasteiger partial charge in [-0.15, -0.1) is 0 Å². The highest BCUT2D eigenvalue weighted by Crippen LogP contribution is 2.31. The first-order valence-corrected chi connectivity index (χ1v) is 11.2. The number of fused-ring (bicyclic) bond motifs is 2. The Bertz CT molecular complexity index is 1470. The summed E-state index contributed by atoms with van der Waals surface area (Å²) in [6, 6.07) is 30.0. The Balaban J connectivity index is 0.000000139. The van der Waals surface area contributed by atoms with E-state index in [4.69, 9.17) is 12.6 Å². The highest BCUT2D eigenvalue weighted by Gasteiger charge is 2.11. The van der Waals surface area contributed by atoms with Crippen LogP contribution in [0.25, 0.3) is 45.1 Å². The molecule has 4 aromatic carbocycles. The summed E-state index contributed by atoms with van der Waals surface area (Å²) in [4.78, 5) is 8.78. The van der Waals surface area contributed by atoms with Gasteiger partial charge in [0.25, 0.3) is 0 Å². The van der Waals surface area contributed by atoms with Crippen LogP contribution in [-0.4, -0.2) is 31.7 Å². The predicted molar refractivity (Wildman–Crippen MR) is 130 cm³/mol. The molecular weight excluding hydrogens is 431 g/mol. The van der Waals surface area contributed by atoms with Gasteiger partial charge in [0, 0.05) is 0 Å². The minimum atomic E-state index is 0.175. The largest absolute Gasteiger partial charge is 0.820 e. The van der Waals surface area contributed by atoms with Gasteiger partial charge in [0.15, 0.2) is 27.8 Å². The minimum Gasteiger partial charge on any atom is -0.820 e. The van der Waals surface area contributed by atoms with E-state index >= 15 is 0 Å². The highest BCUT2D eigenvalue weighted by molar-refractivity contribution is 6.00. The summed E-state index contributed by atoms with van der Waals surface area (Å²) in [7, 11) is 0. The molecule has 0 aliphatic rings. The Morgan fingerprint density at radius 2 is 1.09 bits per heavy atom. The average Bonchev–Trinajstić information content (AvgIpc) is 3.49. The van der Waals surface area contributed by atoms with Crippen LogP contribution in [-0.2, 0) is 0 Å². The number of hydrogen-bond acceptors (Lipinski definition) is 6. The monoisotopic (exact) mass is 450 g/mol. The maximum absolute atomic E-state index is 9.69. The Hall–Kier alpha value is -4.05. The molecule has 161 valence electrons. The van der Waals surface area contributed by atoms with Crippen molar-refractivity contribution in [3.8, 4) is 34.4 Å². The predicted octanol–water partition coefficient (Wildman–Crippen LogP) is 5.62. The topological polar surface area (TPSA) is 81.5 Å². The van der Waals surface area contributed by atoms with Crippen molar-refractivity contribution in [1.82, 2.24) is 9.97 Å². The summed E-state index contributed by atoms with van der Waals surface area (Å²) in [5, 5.41) is 9.69. The van der Waals surface area contributed by atoms with Crippen molar-refractivity contribution in [3.05, 3.63) is 97.1 Å². The molecule has 1 radical (unpaired) electrons. The summed E-state index contributed by atoms with van der Waals surface area (Å²) in [6.45, 7) is 0. The van der Waals surface area contributed by atoms with E-state index in [0.717, 1.165) is 33.5 Å². The first-order valence-electron chi connectivity index (χ1n) is 10.4. The van der Waals surface area contributed by atoms with Crippen LogP contribution in [0, 0.1) is 0 Å². The van der Waals surface area contributed by atoms with Crippen LogP contribution in [0.15, 0.2) is 106 Å². The molecule has 0 atom stereocenters. The zero-order chi connectivity index (χ0) is 22.6. The molecule has 0 amide bonds. The van der Waals surface area contributed by atoms with Crippen molar-refractivity contribution in [2.45, 2.75) is 0 Å². The smallest absolute Gasteiger partial charge is 0.231 e. The zero-order valence-corrected chi connectivity index (χ0v) is 19.8.